The Hall–Kier alpha value is -1.23. The summed E-state index contributed by atoms with van der Waals surface area (Å²) in [7, 11) is -4.01. The average Bonchev–Trinajstić information content (AvgIpc) is 2.54. The molecule has 0 heterocycles. The molecule has 1 atom stereocenters. The van der Waals surface area contributed by atoms with E-state index in [1.54, 1.807) is 0 Å². The molecule has 0 aliphatic carbocycles. The zero-order chi connectivity index (χ0) is 23.5. The summed E-state index contributed by atoms with van der Waals surface area (Å²) in [6.45, 7) is 24.8. The van der Waals surface area contributed by atoms with Crippen LogP contribution in [0.25, 0.3) is 0 Å². The molecule has 0 aromatic heterocycles. The third-order valence-corrected chi connectivity index (χ3v) is 15.6. The van der Waals surface area contributed by atoms with E-state index in [0.29, 0.717) is 12.8 Å². The van der Waals surface area contributed by atoms with Gasteiger partial charge in [0.2, 0.25) is 16.6 Å². The van der Waals surface area contributed by atoms with Gasteiger partial charge in [-0.3, -0.25) is 0 Å². The molecule has 0 amide bonds. The van der Waals surface area contributed by atoms with E-state index < -0.39 is 16.6 Å². The van der Waals surface area contributed by atoms with Crippen LogP contribution in [0.3, 0.4) is 0 Å². The maximum Gasteiger partial charge on any atom is 0.250 e. The SMILES string of the molecule is C#CC(CCO)Cc1c(C)cc(O[Si](C)(C)C(C)(C)C)cc1O[Si](C)(C)C(C)(C)C. The summed E-state index contributed by atoms with van der Waals surface area (Å²) in [6.07, 6.45) is 7.05. The van der Waals surface area contributed by atoms with Gasteiger partial charge in [0.15, 0.2) is 0 Å². The minimum Gasteiger partial charge on any atom is -0.543 e. The third-order valence-electron chi connectivity index (χ3n) is 6.92. The van der Waals surface area contributed by atoms with Gasteiger partial charge in [-0.05, 0) is 73.2 Å². The second kappa shape index (κ2) is 9.50. The van der Waals surface area contributed by atoms with Gasteiger partial charge in [0, 0.05) is 18.6 Å². The Labute approximate surface area is 187 Å². The fourth-order valence-corrected chi connectivity index (χ4v) is 4.74. The summed E-state index contributed by atoms with van der Waals surface area (Å²) < 4.78 is 13.4. The molecule has 0 saturated carbocycles. The number of aliphatic hydroxyl groups excluding tert-OH is 1. The van der Waals surface area contributed by atoms with Crippen LogP contribution in [-0.4, -0.2) is 28.3 Å². The van der Waals surface area contributed by atoms with Crippen molar-refractivity contribution < 1.29 is 14.0 Å². The molecule has 1 rings (SSSR count). The Morgan fingerprint density at radius 3 is 1.90 bits per heavy atom. The van der Waals surface area contributed by atoms with Gasteiger partial charge < -0.3 is 14.0 Å². The highest BCUT2D eigenvalue weighted by molar-refractivity contribution is 6.75. The molecule has 0 saturated heterocycles. The first-order valence-electron chi connectivity index (χ1n) is 11.0. The second-order valence-electron chi connectivity index (χ2n) is 11.5. The van der Waals surface area contributed by atoms with Crippen LogP contribution in [0.2, 0.25) is 36.3 Å². The molecule has 5 heteroatoms. The number of aryl methyl sites for hydroxylation is 1. The minimum atomic E-state index is -2.04. The van der Waals surface area contributed by atoms with Crippen LogP contribution in [0.4, 0.5) is 0 Å². The lowest BCUT2D eigenvalue weighted by Crippen LogP contribution is -2.44. The number of aliphatic hydroxyl groups is 1. The summed E-state index contributed by atoms with van der Waals surface area (Å²) in [6, 6.07) is 4.21. The Kier molecular flexibility index (Phi) is 8.49. The molecule has 3 nitrogen and oxygen atoms in total. The van der Waals surface area contributed by atoms with E-state index >= 15 is 0 Å². The van der Waals surface area contributed by atoms with Crippen molar-refractivity contribution in [3.05, 3.63) is 23.3 Å². The van der Waals surface area contributed by atoms with Crippen molar-refractivity contribution in [3.8, 4) is 23.8 Å². The Balaban J connectivity index is 3.49. The number of terminal acetylenes is 1. The van der Waals surface area contributed by atoms with Gasteiger partial charge in [-0.25, -0.2) is 0 Å². The predicted molar refractivity (Wildman–Crippen MR) is 135 cm³/mol. The van der Waals surface area contributed by atoms with Crippen LogP contribution in [0, 0.1) is 25.2 Å². The van der Waals surface area contributed by atoms with Crippen molar-refractivity contribution in [1.29, 1.82) is 0 Å². The highest BCUT2D eigenvalue weighted by Crippen LogP contribution is 2.42. The highest BCUT2D eigenvalue weighted by Gasteiger charge is 2.41. The van der Waals surface area contributed by atoms with Crippen LogP contribution in [0.1, 0.15) is 59.1 Å². The first kappa shape index (κ1) is 26.8. The lowest BCUT2D eigenvalue weighted by molar-refractivity contribution is 0.271. The Morgan fingerprint density at radius 2 is 1.47 bits per heavy atom. The van der Waals surface area contributed by atoms with E-state index in [2.05, 4.69) is 92.7 Å². The normalized spacial score (nSPS) is 14.2. The van der Waals surface area contributed by atoms with Crippen molar-refractivity contribution in [3.63, 3.8) is 0 Å². The molecular formula is C25H44O3Si2. The zero-order valence-corrected chi connectivity index (χ0v) is 23.2. The van der Waals surface area contributed by atoms with Crippen molar-refractivity contribution in [1.82, 2.24) is 0 Å². The first-order valence-corrected chi connectivity index (χ1v) is 16.9. The summed E-state index contributed by atoms with van der Waals surface area (Å²) >= 11 is 0. The van der Waals surface area contributed by atoms with E-state index in [1.165, 1.54) is 0 Å². The molecule has 1 aromatic rings. The van der Waals surface area contributed by atoms with Gasteiger partial charge in [0.05, 0.1) is 0 Å². The molecule has 0 aliphatic heterocycles. The first-order chi connectivity index (χ1) is 13.4. The van der Waals surface area contributed by atoms with Crippen LogP contribution in [0.15, 0.2) is 12.1 Å². The van der Waals surface area contributed by atoms with Crippen molar-refractivity contribution >= 4 is 16.6 Å². The quantitative estimate of drug-likeness (QED) is 0.346. The molecule has 0 aliphatic rings. The van der Waals surface area contributed by atoms with E-state index in [1.807, 2.05) is 0 Å². The molecule has 1 unspecified atom stereocenters. The molecule has 0 fully saturated rings. The zero-order valence-electron chi connectivity index (χ0n) is 21.2. The van der Waals surface area contributed by atoms with Gasteiger partial charge in [0.1, 0.15) is 11.5 Å². The van der Waals surface area contributed by atoms with Gasteiger partial charge >= 0.3 is 0 Å². The van der Waals surface area contributed by atoms with Gasteiger partial charge in [-0.2, -0.15) is 0 Å². The van der Waals surface area contributed by atoms with Crippen LogP contribution in [-0.2, 0) is 6.42 Å². The average molecular weight is 449 g/mol. The number of benzene rings is 1. The minimum absolute atomic E-state index is 0.0115. The highest BCUT2D eigenvalue weighted by atomic mass is 28.4. The van der Waals surface area contributed by atoms with Crippen molar-refractivity contribution in [2.75, 3.05) is 6.61 Å². The lowest BCUT2D eigenvalue weighted by Gasteiger charge is -2.39. The second-order valence-corrected chi connectivity index (χ2v) is 21.0. The van der Waals surface area contributed by atoms with Crippen molar-refractivity contribution in [2.45, 2.75) is 97.6 Å². The van der Waals surface area contributed by atoms with Gasteiger partial charge in [0.25, 0.3) is 0 Å². The fourth-order valence-electron chi connectivity index (χ4n) is 2.69. The van der Waals surface area contributed by atoms with E-state index in [4.69, 9.17) is 15.3 Å². The third kappa shape index (κ3) is 6.64. The monoisotopic (exact) mass is 448 g/mol. The molecular weight excluding hydrogens is 404 g/mol. The molecule has 0 radical (unpaired) electrons. The van der Waals surface area contributed by atoms with Crippen LogP contribution < -0.4 is 8.85 Å². The van der Waals surface area contributed by atoms with Crippen LogP contribution >= 0.6 is 0 Å². The Morgan fingerprint density at radius 1 is 0.967 bits per heavy atom. The Bertz CT molecular complexity index is 762. The number of hydrogen-bond acceptors (Lipinski definition) is 3. The summed E-state index contributed by atoms with van der Waals surface area (Å²) in [5, 5.41) is 9.60. The van der Waals surface area contributed by atoms with Crippen LogP contribution in [0.5, 0.6) is 11.5 Å². The standard InChI is InChI=1S/C25H44O3Si2/c1-13-20(14-15-26)17-22-19(2)16-21(27-29(9,10)24(3,4)5)18-23(22)28-30(11,12)25(6,7)8/h1,16,18,20,26H,14-15,17H2,2-12H3. The maximum absolute atomic E-state index is 9.39. The van der Waals surface area contributed by atoms with Gasteiger partial charge in [-0.15, -0.1) is 12.3 Å². The largest absolute Gasteiger partial charge is 0.543 e. The molecule has 170 valence electrons. The summed E-state index contributed by atoms with van der Waals surface area (Å²) in [4.78, 5) is 0. The van der Waals surface area contributed by atoms with Gasteiger partial charge in [-0.1, -0.05) is 41.5 Å². The van der Waals surface area contributed by atoms with Crippen molar-refractivity contribution in [2.24, 2.45) is 5.92 Å². The molecule has 30 heavy (non-hydrogen) atoms. The fraction of sp³-hybridized carbons (Fsp3) is 0.680. The van der Waals surface area contributed by atoms with E-state index in [9.17, 15) is 5.11 Å². The molecule has 0 spiro atoms. The number of rotatable bonds is 8. The topological polar surface area (TPSA) is 38.7 Å². The maximum atomic E-state index is 9.39. The number of hydrogen-bond donors (Lipinski definition) is 1. The summed E-state index contributed by atoms with van der Waals surface area (Å²) in [5.41, 5.74) is 2.27. The molecule has 0 bridgehead atoms. The van der Waals surface area contributed by atoms with E-state index in [-0.39, 0.29) is 22.6 Å². The van der Waals surface area contributed by atoms with E-state index in [0.717, 1.165) is 22.6 Å². The summed E-state index contributed by atoms with van der Waals surface area (Å²) in [5.74, 6) is 4.61. The lowest BCUT2D eigenvalue weighted by atomic mass is 9.93. The smallest absolute Gasteiger partial charge is 0.250 e. The molecule has 1 aromatic carbocycles. The predicted octanol–water partition coefficient (Wildman–Crippen LogP) is 6.94. The molecule has 1 N–H and O–H groups in total.